The maximum Gasteiger partial charge on any atom is 0.254 e. The lowest BCUT2D eigenvalue weighted by molar-refractivity contribution is 0.0746. The number of aromatic nitrogens is 2. The minimum absolute atomic E-state index is 0.0174. The Morgan fingerprint density at radius 1 is 0.867 bits per heavy atom. The second-order valence-corrected chi connectivity index (χ2v) is 8.25. The molecule has 6 heteroatoms. The molecular weight excluding hydrogens is 396 g/mol. The lowest BCUT2D eigenvalue weighted by atomic mass is 9.99. The largest absolute Gasteiger partial charge is 0.352 e. The third-order valence-corrected chi connectivity index (χ3v) is 5.96. The van der Waals surface area contributed by atoms with Crippen LogP contribution in [0.5, 0.6) is 0 Å². The average Bonchev–Trinajstić information content (AvgIpc) is 2.76. The SMILES string of the molecule is Cc1cc(C)c(-c2ccc(N3CCN(C(=O)c4cccc(Cl)c4)CC3)nn2)cc1C. The molecule has 0 saturated carbocycles. The van der Waals surface area contributed by atoms with E-state index in [0.29, 0.717) is 23.7 Å². The fourth-order valence-corrected chi connectivity index (χ4v) is 4.01. The summed E-state index contributed by atoms with van der Waals surface area (Å²) in [6, 6.07) is 15.5. The zero-order valence-corrected chi connectivity index (χ0v) is 18.3. The smallest absolute Gasteiger partial charge is 0.254 e. The van der Waals surface area contributed by atoms with Crippen molar-refractivity contribution >= 4 is 23.3 Å². The van der Waals surface area contributed by atoms with Crippen LogP contribution in [0.3, 0.4) is 0 Å². The number of anilines is 1. The van der Waals surface area contributed by atoms with E-state index >= 15 is 0 Å². The first-order chi connectivity index (χ1) is 14.4. The molecule has 30 heavy (non-hydrogen) atoms. The number of aryl methyl sites for hydroxylation is 3. The molecule has 1 amide bonds. The first-order valence-electron chi connectivity index (χ1n) is 10.1. The second kappa shape index (κ2) is 8.44. The standard InChI is InChI=1S/C24H25ClN4O/c1-16-13-18(3)21(14-17(16)2)22-7-8-23(27-26-22)28-9-11-29(12-10-28)24(30)19-5-4-6-20(25)15-19/h4-8,13-15H,9-12H2,1-3H3. The Bertz CT molecular complexity index is 1070. The quantitative estimate of drug-likeness (QED) is 0.617. The Balaban J connectivity index is 1.43. The summed E-state index contributed by atoms with van der Waals surface area (Å²) in [5, 5.41) is 9.52. The number of carbonyl (C=O) groups is 1. The van der Waals surface area contributed by atoms with Crippen LogP contribution >= 0.6 is 11.6 Å². The van der Waals surface area contributed by atoms with E-state index in [2.05, 4.69) is 48.0 Å². The number of benzene rings is 2. The number of halogens is 1. The van der Waals surface area contributed by atoms with E-state index in [0.717, 1.165) is 30.2 Å². The van der Waals surface area contributed by atoms with Crippen LogP contribution in [0.4, 0.5) is 5.82 Å². The Kier molecular flexibility index (Phi) is 5.73. The van der Waals surface area contributed by atoms with E-state index in [9.17, 15) is 4.79 Å². The fourth-order valence-electron chi connectivity index (χ4n) is 3.82. The number of amides is 1. The van der Waals surface area contributed by atoms with Crippen LogP contribution in [0.25, 0.3) is 11.3 Å². The van der Waals surface area contributed by atoms with Gasteiger partial charge in [-0.1, -0.05) is 23.7 Å². The second-order valence-electron chi connectivity index (χ2n) is 7.82. The number of carbonyl (C=O) groups excluding carboxylic acids is 1. The zero-order chi connectivity index (χ0) is 21.3. The molecule has 3 aromatic rings. The van der Waals surface area contributed by atoms with Gasteiger partial charge in [0, 0.05) is 42.3 Å². The predicted molar refractivity (Wildman–Crippen MR) is 121 cm³/mol. The van der Waals surface area contributed by atoms with Gasteiger partial charge in [0.25, 0.3) is 5.91 Å². The number of hydrogen-bond acceptors (Lipinski definition) is 4. The maximum absolute atomic E-state index is 12.7. The summed E-state index contributed by atoms with van der Waals surface area (Å²) >= 11 is 6.02. The van der Waals surface area contributed by atoms with Crippen LogP contribution < -0.4 is 4.90 Å². The van der Waals surface area contributed by atoms with Crippen LogP contribution in [0.2, 0.25) is 5.02 Å². The summed E-state index contributed by atoms with van der Waals surface area (Å²) < 4.78 is 0. The average molecular weight is 421 g/mol. The summed E-state index contributed by atoms with van der Waals surface area (Å²) in [5.41, 5.74) is 6.37. The molecule has 1 aliphatic heterocycles. The van der Waals surface area contributed by atoms with Crippen molar-refractivity contribution in [2.24, 2.45) is 0 Å². The topological polar surface area (TPSA) is 49.3 Å². The van der Waals surface area contributed by atoms with Crippen molar-refractivity contribution in [1.29, 1.82) is 0 Å². The lowest BCUT2D eigenvalue weighted by Crippen LogP contribution is -2.49. The highest BCUT2D eigenvalue weighted by atomic mass is 35.5. The van der Waals surface area contributed by atoms with Crippen molar-refractivity contribution in [3.63, 3.8) is 0 Å². The van der Waals surface area contributed by atoms with Gasteiger partial charge >= 0.3 is 0 Å². The number of hydrogen-bond donors (Lipinski definition) is 0. The number of rotatable bonds is 3. The van der Waals surface area contributed by atoms with Gasteiger partial charge in [0.2, 0.25) is 0 Å². The third-order valence-electron chi connectivity index (χ3n) is 5.73. The summed E-state index contributed by atoms with van der Waals surface area (Å²) in [4.78, 5) is 16.7. The molecule has 0 N–H and O–H groups in total. The normalized spacial score (nSPS) is 14.1. The molecule has 2 heterocycles. The molecule has 1 saturated heterocycles. The summed E-state index contributed by atoms with van der Waals surface area (Å²) in [6.45, 7) is 9.08. The molecule has 4 rings (SSSR count). The van der Waals surface area contributed by atoms with Crippen molar-refractivity contribution in [3.8, 4) is 11.3 Å². The van der Waals surface area contributed by atoms with Gasteiger partial charge < -0.3 is 9.80 Å². The molecule has 0 aliphatic carbocycles. The molecule has 1 fully saturated rings. The van der Waals surface area contributed by atoms with Crippen LogP contribution in [-0.4, -0.2) is 47.2 Å². The Labute approximate surface area is 182 Å². The van der Waals surface area contributed by atoms with E-state index in [1.54, 1.807) is 24.3 Å². The third kappa shape index (κ3) is 4.17. The maximum atomic E-state index is 12.7. The highest BCUT2D eigenvalue weighted by molar-refractivity contribution is 6.30. The number of nitrogens with zero attached hydrogens (tertiary/aromatic N) is 4. The first kappa shape index (κ1) is 20.4. The molecule has 0 bridgehead atoms. The van der Waals surface area contributed by atoms with Crippen LogP contribution in [-0.2, 0) is 0 Å². The minimum Gasteiger partial charge on any atom is -0.352 e. The Morgan fingerprint density at radius 3 is 2.27 bits per heavy atom. The van der Waals surface area contributed by atoms with E-state index < -0.39 is 0 Å². The summed E-state index contributed by atoms with van der Waals surface area (Å²) in [5.74, 6) is 0.860. The molecule has 0 atom stereocenters. The minimum atomic E-state index is 0.0174. The Hall–Kier alpha value is -2.92. The molecule has 1 aliphatic rings. The van der Waals surface area contributed by atoms with Gasteiger partial charge in [0.05, 0.1) is 5.69 Å². The van der Waals surface area contributed by atoms with E-state index in [1.807, 2.05) is 17.0 Å². The van der Waals surface area contributed by atoms with Crippen molar-refractivity contribution in [2.75, 3.05) is 31.1 Å². The van der Waals surface area contributed by atoms with Gasteiger partial charge in [0.1, 0.15) is 0 Å². The van der Waals surface area contributed by atoms with Crippen molar-refractivity contribution in [3.05, 3.63) is 75.8 Å². The molecule has 0 unspecified atom stereocenters. The molecular formula is C24H25ClN4O. The van der Waals surface area contributed by atoms with Crippen LogP contribution in [0.15, 0.2) is 48.5 Å². The van der Waals surface area contributed by atoms with Gasteiger partial charge in [0.15, 0.2) is 5.82 Å². The van der Waals surface area contributed by atoms with E-state index in [4.69, 9.17) is 11.6 Å². The predicted octanol–water partition coefficient (Wildman–Crippen LogP) is 4.68. The van der Waals surface area contributed by atoms with Crippen molar-refractivity contribution < 1.29 is 4.79 Å². The summed E-state index contributed by atoms with van der Waals surface area (Å²) in [6.07, 6.45) is 0. The van der Waals surface area contributed by atoms with E-state index in [1.165, 1.54) is 16.7 Å². The molecule has 0 spiro atoms. The van der Waals surface area contributed by atoms with Crippen molar-refractivity contribution in [1.82, 2.24) is 15.1 Å². The number of piperazine rings is 1. The van der Waals surface area contributed by atoms with Crippen LogP contribution in [0, 0.1) is 20.8 Å². The zero-order valence-electron chi connectivity index (χ0n) is 17.5. The van der Waals surface area contributed by atoms with Gasteiger partial charge in [-0.3, -0.25) is 4.79 Å². The van der Waals surface area contributed by atoms with Crippen LogP contribution in [0.1, 0.15) is 27.0 Å². The summed E-state index contributed by atoms with van der Waals surface area (Å²) in [7, 11) is 0. The monoisotopic (exact) mass is 420 g/mol. The van der Waals surface area contributed by atoms with Gasteiger partial charge in [-0.15, -0.1) is 10.2 Å². The fraction of sp³-hybridized carbons (Fsp3) is 0.292. The molecule has 0 radical (unpaired) electrons. The molecule has 5 nitrogen and oxygen atoms in total. The van der Waals surface area contributed by atoms with Crippen molar-refractivity contribution in [2.45, 2.75) is 20.8 Å². The van der Waals surface area contributed by atoms with E-state index in [-0.39, 0.29) is 5.91 Å². The molecule has 1 aromatic heterocycles. The highest BCUT2D eigenvalue weighted by Crippen LogP contribution is 2.26. The molecule has 2 aromatic carbocycles. The van der Waals surface area contributed by atoms with Gasteiger partial charge in [-0.25, -0.2) is 0 Å². The molecule has 154 valence electrons. The highest BCUT2D eigenvalue weighted by Gasteiger charge is 2.23. The lowest BCUT2D eigenvalue weighted by Gasteiger charge is -2.35. The van der Waals surface area contributed by atoms with Gasteiger partial charge in [-0.05, 0) is 73.9 Å². The van der Waals surface area contributed by atoms with Gasteiger partial charge in [-0.2, -0.15) is 0 Å². The Morgan fingerprint density at radius 2 is 1.60 bits per heavy atom. The first-order valence-corrected chi connectivity index (χ1v) is 10.5.